The molecular formula is C20H16Cl2N2O4. The number of carbonyl (C=O) groups excluding carboxylic acids is 2. The van der Waals surface area contributed by atoms with Crippen molar-refractivity contribution in [2.75, 3.05) is 18.1 Å². The van der Waals surface area contributed by atoms with Crippen molar-refractivity contribution in [3.8, 4) is 11.5 Å². The lowest BCUT2D eigenvalue weighted by atomic mass is 10.1. The van der Waals surface area contributed by atoms with Gasteiger partial charge in [-0.1, -0.05) is 29.3 Å². The molecule has 1 saturated heterocycles. The first-order valence-electron chi connectivity index (χ1n) is 8.79. The molecule has 1 amide bonds. The van der Waals surface area contributed by atoms with Crippen LogP contribution in [0.4, 0.5) is 5.69 Å². The van der Waals surface area contributed by atoms with Crippen LogP contribution in [0.15, 0.2) is 40.8 Å². The molecule has 0 saturated carbocycles. The van der Waals surface area contributed by atoms with Crippen molar-refractivity contribution in [3.05, 3.63) is 46.4 Å². The molecule has 1 aliphatic rings. The summed E-state index contributed by atoms with van der Waals surface area (Å²) in [5.74, 6) is -0.557. The van der Waals surface area contributed by atoms with Crippen LogP contribution in [-0.2, 0) is 14.3 Å². The van der Waals surface area contributed by atoms with Crippen molar-refractivity contribution in [2.45, 2.75) is 13.3 Å². The second-order valence-electron chi connectivity index (χ2n) is 6.46. The van der Waals surface area contributed by atoms with Crippen LogP contribution in [0, 0.1) is 5.92 Å². The van der Waals surface area contributed by atoms with E-state index in [4.69, 9.17) is 32.4 Å². The number of esters is 1. The minimum absolute atomic E-state index is 0.123. The highest BCUT2D eigenvalue weighted by Gasteiger charge is 2.36. The van der Waals surface area contributed by atoms with E-state index in [2.05, 4.69) is 4.98 Å². The van der Waals surface area contributed by atoms with E-state index in [-0.39, 0.29) is 24.8 Å². The maximum atomic E-state index is 12.4. The first-order valence-corrected chi connectivity index (χ1v) is 9.55. The molecule has 2 aromatic carbocycles. The zero-order valence-corrected chi connectivity index (χ0v) is 16.5. The molecule has 1 fully saturated rings. The number of halogens is 2. The Hall–Kier alpha value is -2.57. The van der Waals surface area contributed by atoms with Gasteiger partial charge < -0.3 is 14.1 Å². The average molecular weight is 419 g/mol. The number of rotatable bonds is 4. The monoisotopic (exact) mass is 418 g/mol. The lowest BCUT2D eigenvalue weighted by Gasteiger charge is -2.17. The summed E-state index contributed by atoms with van der Waals surface area (Å²) < 4.78 is 10.8. The molecule has 4 rings (SSSR count). The summed E-state index contributed by atoms with van der Waals surface area (Å²) in [6.45, 7) is 2.33. The Balaban J connectivity index is 1.64. The summed E-state index contributed by atoms with van der Waals surface area (Å²) in [6, 6.07) is 10.5. The third kappa shape index (κ3) is 3.45. The number of nitrogens with zero attached hydrogens (tertiary/aromatic N) is 2. The minimum atomic E-state index is -0.457. The summed E-state index contributed by atoms with van der Waals surface area (Å²) in [7, 11) is 0. The molecular weight excluding hydrogens is 403 g/mol. The van der Waals surface area contributed by atoms with Crippen molar-refractivity contribution in [2.24, 2.45) is 5.92 Å². The summed E-state index contributed by atoms with van der Waals surface area (Å²) in [6.07, 6.45) is 0.139. The predicted molar refractivity (Wildman–Crippen MR) is 107 cm³/mol. The lowest BCUT2D eigenvalue weighted by Crippen LogP contribution is -2.26. The summed E-state index contributed by atoms with van der Waals surface area (Å²) >= 11 is 12.2. The summed E-state index contributed by atoms with van der Waals surface area (Å²) in [5, 5.41) is 0.850. The fourth-order valence-electron chi connectivity index (χ4n) is 3.27. The van der Waals surface area contributed by atoms with E-state index in [1.807, 2.05) is 6.07 Å². The number of benzene rings is 2. The first kappa shape index (κ1) is 18.8. The van der Waals surface area contributed by atoms with Crippen molar-refractivity contribution >= 4 is 51.9 Å². The Labute approximate surface area is 171 Å². The Morgan fingerprint density at radius 1 is 1.32 bits per heavy atom. The van der Waals surface area contributed by atoms with Gasteiger partial charge in [-0.2, -0.15) is 0 Å². The number of amides is 1. The number of ether oxygens (including phenoxy) is 1. The van der Waals surface area contributed by atoms with Gasteiger partial charge in [0.25, 0.3) is 0 Å². The van der Waals surface area contributed by atoms with Gasteiger partial charge >= 0.3 is 5.97 Å². The largest absolute Gasteiger partial charge is 0.466 e. The Bertz CT molecular complexity index is 1080. The van der Waals surface area contributed by atoms with Crippen LogP contribution >= 0.6 is 23.2 Å². The van der Waals surface area contributed by atoms with Gasteiger partial charge in [0, 0.05) is 29.2 Å². The van der Waals surface area contributed by atoms with Gasteiger partial charge in [0.1, 0.15) is 5.52 Å². The predicted octanol–water partition coefficient (Wildman–Crippen LogP) is 4.72. The highest BCUT2D eigenvalue weighted by molar-refractivity contribution is 6.38. The second-order valence-corrected chi connectivity index (χ2v) is 7.31. The number of aromatic nitrogens is 1. The van der Waals surface area contributed by atoms with E-state index in [1.54, 1.807) is 42.2 Å². The van der Waals surface area contributed by atoms with Crippen molar-refractivity contribution in [1.82, 2.24) is 4.98 Å². The third-order valence-corrected chi connectivity index (χ3v) is 5.06. The summed E-state index contributed by atoms with van der Waals surface area (Å²) in [4.78, 5) is 30.4. The van der Waals surface area contributed by atoms with E-state index >= 15 is 0 Å². The molecule has 0 spiro atoms. The van der Waals surface area contributed by atoms with Crippen molar-refractivity contribution in [1.29, 1.82) is 0 Å². The number of anilines is 1. The molecule has 2 heterocycles. The fourth-order valence-corrected chi connectivity index (χ4v) is 3.79. The first-order chi connectivity index (χ1) is 13.5. The summed E-state index contributed by atoms with van der Waals surface area (Å²) in [5.41, 5.74) is 2.36. The number of hydrogen-bond acceptors (Lipinski definition) is 5. The fraction of sp³-hybridized carbons (Fsp3) is 0.250. The van der Waals surface area contributed by atoms with E-state index in [0.717, 1.165) is 0 Å². The van der Waals surface area contributed by atoms with Gasteiger partial charge in [0.2, 0.25) is 11.8 Å². The molecule has 0 bridgehead atoms. The molecule has 6 nitrogen and oxygen atoms in total. The molecule has 0 aliphatic carbocycles. The zero-order chi connectivity index (χ0) is 19.8. The molecule has 1 atom stereocenters. The van der Waals surface area contributed by atoms with E-state index in [0.29, 0.717) is 44.9 Å². The van der Waals surface area contributed by atoms with Crippen LogP contribution in [0.1, 0.15) is 13.3 Å². The van der Waals surface area contributed by atoms with Crippen LogP contribution in [0.3, 0.4) is 0 Å². The maximum absolute atomic E-state index is 12.4. The van der Waals surface area contributed by atoms with Gasteiger partial charge in [0.05, 0.1) is 17.5 Å². The van der Waals surface area contributed by atoms with Gasteiger partial charge in [-0.3, -0.25) is 9.59 Å². The zero-order valence-electron chi connectivity index (χ0n) is 14.9. The molecule has 1 aliphatic heterocycles. The maximum Gasteiger partial charge on any atom is 0.311 e. The van der Waals surface area contributed by atoms with E-state index in [1.165, 1.54) is 0 Å². The van der Waals surface area contributed by atoms with Crippen molar-refractivity contribution < 1.29 is 18.7 Å². The molecule has 8 heteroatoms. The van der Waals surface area contributed by atoms with E-state index < -0.39 is 5.92 Å². The molecule has 0 N–H and O–H groups in total. The Morgan fingerprint density at radius 3 is 2.93 bits per heavy atom. The van der Waals surface area contributed by atoms with Crippen LogP contribution < -0.4 is 4.90 Å². The average Bonchev–Trinajstić information content (AvgIpc) is 3.26. The number of carbonyl (C=O) groups is 2. The van der Waals surface area contributed by atoms with Crippen molar-refractivity contribution in [3.63, 3.8) is 0 Å². The molecule has 0 radical (unpaired) electrons. The van der Waals surface area contributed by atoms with Gasteiger partial charge in [-0.05, 0) is 37.3 Å². The highest BCUT2D eigenvalue weighted by atomic mass is 35.5. The minimum Gasteiger partial charge on any atom is -0.466 e. The quantitative estimate of drug-likeness (QED) is 0.573. The highest BCUT2D eigenvalue weighted by Crippen LogP contribution is 2.34. The van der Waals surface area contributed by atoms with E-state index in [9.17, 15) is 9.59 Å². The van der Waals surface area contributed by atoms with Crippen LogP contribution in [0.2, 0.25) is 10.0 Å². The van der Waals surface area contributed by atoms with Crippen LogP contribution in [-0.4, -0.2) is 30.0 Å². The molecule has 28 heavy (non-hydrogen) atoms. The van der Waals surface area contributed by atoms with Gasteiger partial charge in [0.15, 0.2) is 5.58 Å². The Morgan fingerprint density at radius 2 is 2.14 bits per heavy atom. The SMILES string of the molecule is CCOC(=O)[C@H]1CC(=O)N(c2cccc(-c3nc4cc(Cl)cc(Cl)c4o3)c2)C1. The molecule has 1 aromatic heterocycles. The van der Waals surface area contributed by atoms with Crippen LogP contribution in [0.5, 0.6) is 0 Å². The second kappa shape index (κ2) is 7.45. The smallest absolute Gasteiger partial charge is 0.311 e. The molecule has 144 valence electrons. The van der Waals surface area contributed by atoms with Crippen LogP contribution in [0.25, 0.3) is 22.6 Å². The normalized spacial score (nSPS) is 16.8. The molecule has 0 unspecified atom stereocenters. The third-order valence-electron chi connectivity index (χ3n) is 4.56. The Kier molecular flexibility index (Phi) is 5.00. The van der Waals surface area contributed by atoms with Gasteiger partial charge in [-0.25, -0.2) is 4.98 Å². The van der Waals surface area contributed by atoms with Gasteiger partial charge in [-0.15, -0.1) is 0 Å². The topological polar surface area (TPSA) is 72.6 Å². The number of oxazole rings is 1. The number of fused-ring (bicyclic) bond motifs is 1. The standard InChI is InChI=1S/C20H16Cl2N2O4/c1-2-27-20(26)12-7-17(25)24(10-12)14-5-3-4-11(6-14)19-23-16-9-13(21)8-15(22)18(16)28-19/h3-6,8-9,12H,2,7,10H2,1H3/t12-/m0/s1. The molecule has 3 aromatic rings. The number of hydrogen-bond donors (Lipinski definition) is 0. The lowest BCUT2D eigenvalue weighted by molar-refractivity contribution is -0.147.